The van der Waals surface area contributed by atoms with Crippen LogP contribution in [0.5, 0.6) is 11.5 Å². The van der Waals surface area contributed by atoms with Crippen LogP contribution in [-0.2, 0) is 0 Å². The van der Waals surface area contributed by atoms with Gasteiger partial charge in [0.05, 0.1) is 14.2 Å². The molecule has 0 aromatic heterocycles. The van der Waals surface area contributed by atoms with Crippen LogP contribution in [0, 0.1) is 0 Å². The molecule has 20 heavy (non-hydrogen) atoms. The summed E-state index contributed by atoms with van der Waals surface area (Å²) in [6, 6.07) is 3.43. The summed E-state index contributed by atoms with van der Waals surface area (Å²) in [5.41, 5.74) is 0.709. The average molecular weight is 289 g/mol. The molecular formula is C14H18F3NO2. The maximum absolute atomic E-state index is 12.8. The highest BCUT2D eigenvalue weighted by molar-refractivity contribution is 5.48. The molecule has 1 aromatic carbocycles. The summed E-state index contributed by atoms with van der Waals surface area (Å²) in [4.78, 5) is 0. The topological polar surface area (TPSA) is 30.5 Å². The lowest BCUT2D eigenvalue weighted by molar-refractivity contribution is -0.163. The average Bonchev–Trinajstić information content (AvgIpc) is 2.45. The first kappa shape index (κ1) is 15.0. The minimum absolute atomic E-state index is 0.117. The van der Waals surface area contributed by atoms with Gasteiger partial charge in [-0.05, 0) is 25.3 Å². The molecule has 1 N–H and O–H groups in total. The van der Waals surface area contributed by atoms with Crippen molar-refractivity contribution < 1.29 is 22.6 Å². The summed E-state index contributed by atoms with van der Waals surface area (Å²) in [6.45, 7) is 0. The standard InChI is InChI=1S/C14H18F3NO2/c1-19-11-7-3-5-9(13(11)20-2)10-6-4-8-12(18-10)14(15,16)17/h3,5,7,10,12,18H,4,6,8H2,1-2H3. The molecule has 2 unspecified atom stereocenters. The van der Waals surface area contributed by atoms with Gasteiger partial charge in [-0.1, -0.05) is 12.1 Å². The fourth-order valence-corrected chi connectivity index (χ4v) is 2.63. The Hall–Kier alpha value is -1.43. The molecule has 1 saturated heterocycles. The van der Waals surface area contributed by atoms with E-state index >= 15 is 0 Å². The molecule has 3 nitrogen and oxygen atoms in total. The molecule has 1 fully saturated rings. The van der Waals surface area contributed by atoms with Crippen LogP contribution in [0.3, 0.4) is 0 Å². The number of para-hydroxylation sites is 1. The molecule has 2 rings (SSSR count). The van der Waals surface area contributed by atoms with Crippen molar-refractivity contribution in [2.75, 3.05) is 14.2 Å². The largest absolute Gasteiger partial charge is 0.493 e. The second-order valence-electron chi connectivity index (χ2n) is 4.83. The zero-order valence-electron chi connectivity index (χ0n) is 11.5. The number of nitrogens with one attached hydrogen (secondary N) is 1. The first-order valence-electron chi connectivity index (χ1n) is 6.51. The highest BCUT2D eigenvalue weighted by atomic mass is 19.4. The molecule has 0 aliphatic carbocycles. The van der Waals surface area contributed by atoms with Crippen molar-refractivity contribution >= 4 is 0 Å². The zero-order chi connectivity index (χ0) is 14.8. The van der Waals surface area contributed by atoms with Gasteiger partial charge in [-0.25, -0.2) is 0 Å². The predicted molar refractivity (Wildman–Crippen MR) is 69.1 cm³/mol. The fourth-order valence-electron chi connectivity index (χ4n) is 2.63. The van der Waals surface area contributed by atoms with Crippen LogP contribution in [0.4, 0.5) is 13.2 Å². The first-order chi connectivity index (χ1) is 9.47. The molecule has 0 saturated carbocycles. The Labute approximate surface area is 116 Å². The highest BCUT2D eigenvalue weighted by Gasteiger charge is 2.42. The number of rotatable bonds is 3. The van der Waals surface area contributed by atoms with Crippen molar-refractivity contribution in [1.82, 2.24) is 5.32 Å². The van der Waals surface area contributed by atoms with E-state index < -0.39 is 12.2 Å². The third kappa shape index (κ3) is 3.00. The summed E-state index contributed by atoms with van der Waals surface area (Å²) in [7, 11) is 3.00. The van der Waals surface area contributed by atoms with Crippen LogP contribution >= 0.6 is 0 Å². The van der Waals surface area contributed by atoms with E-state index in [1.807, 2.05) is 0 Å². The van der Waals surface area contributed by atoms with Crippen molar-refractivity contribution in [3.63, 3.8) is 0 Å². The Bertz CT molecular complexity index is 462. The van der Waals surface area contributed by atoms with E-state index in [2.05, 4.69) is 5.32 Å². The molecule has 1 aromatic rings. The van der Waals surface area contributed by atoms with Gasteiger partial charge in [0.15, 0.2) is 11.5 Å². The summed E-state index contributed by atoms with van der Waals surface area (Å²) in [5.74, 6) is 1.02. The molecule has 1 aliphatic heterocycles. The van der Waals surface area contributed by atoms with Gasteiger partial charge in [0.1, 0.15) is 6.04 Å². The highest BCUT2D eigenvalue weighted by Crippen LogP contribution is 2.39. The van der Waals surface area contributed by atoms with Gasteiger partial charge in [0.25, 0.3) is 0 Å². The van der Waals surface area contributed by atoms with Gasteiger partial charge in [0.2, 0.25) is 0 Å². The van der Waals surface area contributed by atoms with Crippen LogP contribution in [0.2, 0.25) is 0 Å². The van der Waals surface area contributed by atoms with Gasteiger partial charge >= 0.3 is 6.18 Å². The molecular weight excluding hydrogens is 271 g/mol. The summed E-state index contributed by atoms with van der Waals surface area (Å²) >= 11 is 0. The lowest BCUT2D eigenvalue weighted by atomic mass is 9.92. The van der Waals surface area contributed by atoms with Crippen molar-refractivity contribution in [3.05, 3.63) is 23.8 Å². The fraction of sp³-hybridized carbons (Fsp3) is 0.571. The number of alkyl halides is 3. The third-order valence-corrected chi connectivity index (χ3v) is 3.59. The van der Waals surface area contributed by atoms with Crippen LogP contribution < -0.4 is 14.8 Å². The van der Waals surface area contributed by atoms with E-state index in [1.165, 1.54) is 14.2 Å². The first-order valence-corrected chi connectivity index (χ1v) is 6.51. The normalized spacial score (nSPS) is 23.4. The molecule has 0 radical (unpaired) electrons. The molecule has 2 atom stereocenters. The Balaban J connectivity index is 2.27. The van der Waals surface area contributed by atoms with Crippen molar-refractivity contribution in [2.24, 2.45) is 0 Å². The molecule has 0 amide bonds. The van der Waals surface area contributed by atoms with E-state index in [0.717, 1.165) is 0 Å². The number of methoxy groups -OCH3 is 2. The molecule has 1 aliphatic rings. The summed E-state index contributed by atoms with van der Waals surface area (Å²) in [6.07, 6.45) is -2.92. The summed E-state index contributed by atoms with van der Waals surface area (Å²) < 4.78 is 49.0. The van der Waals surface area contributed by atoms with E-state index in [9.17, 15) is 13.2 Å². The Morgan fingerprint density at radius 3 is 2.50 bits per heavy atom. The lowest BCUT2D eigenvalue weighted by Crippen LogP contribution is -2.46. The lowest BCUT2D eigenvalue weighted by Gasteiger charge is -2.33. The van der Waals surface area contributed by atoms with E-state index in [0.29, 0.717) is 29.9 Å². The number of hydrogen-bond donors (Lipinski definition) is 1. The number of ether oxygens (including phenoxy) is 2. The predicted octanol–water partition coefficient (Wildman–Crippen LogP) is 3.45. The number of halogens is 3. The van der Waals surface area contributed by atoms with Crippen molar-refractivity contribution in [1.29, 1.82) is 0 Å². The van der Waals surface area contributed by atoms with E-state index in [4.69, 9.17) is 9.47 Å². The van der Waals surface area contributed by atoms with Crippen LogP contribution in [0.1, 0.15) is 30.9 Å². The summed E-state index contributed by atoms with van der Waals surface area (Å²) in [5, 5.41) is 2.68. The van der Waals surface area contributed by atoms with Gasteiger partial charge in [0, 0.05) is 11.6 Å². The zero-order valence-corrected chi connectivity index (χ0v) is 11.5. The minimum Gasteiger partial charge on any atom is -0.493 e. The monoisotopic (exact) mass is 289 g/mol. The second-order valence-corrected chi connectivity index (χ2v) is 4.83. The third-order valence-electron chi connectivity index (χ3n) is 3.59. The van der Waals surface area contributed by atoms with Gasteiger partial charge in [-0.15, -0.1) is 0 Å². The van der Waals surface area contributed by atoms with E-state index in [-0.39, 0.29) is 12.5 Å². The number of hydrogen-bond acceptors (Lipinski definition) is 3. The molecule has 0 bridgehead atoms. The van der Waals surface area contributed by atoms with E-state index in [1.54, 1.807) is 18.2 Å². The smallest absolute Gasteiger partial charge is 0.403 e. The maximum Gasteiger partial charge on any atom is 0.403 e. The molecule has 112 valence electrons. The van der Waals surface area contributed by atoms with Crippen LogP contribution in [-0.4, -0.2) is 26.4 Å². The van der Waals surface area contributed by atoms with Crippen LogP contribution in [0.25, 0.3) is 0 Å². The van der Waals surface area contributed by atoms with Crippen molar-refractivity contribution in [2.45, 2.75) is 37.5 Å². The SMILES string of the molecule is COc1cccc(C2CCCC(C(F)(F)F)N2)c1OC. The van der Waals surface area contributed by atoms with Crippen LogP contribution in [0.15, 0.2) is 18.2 Å². The van der Waals surface area contributed by atoms with Gasteiger partial charge in [-0.2, -0.15) is 13.2 Å². The molecule has 6 heteroatoms. The minimum atomic E-state index is -4.22. The molecule has 0 spiro atoms. The van der Waals surface area contributed by atoms with Crippen molar-refractivity contribution in [3.8, 4) is 11.5 Å². The Morgan fingerprint density at radius 2 is 1.90 bits per heavy atom. The van der Waals surface area contributed by atoms with Gasteiger partial charge in [-0.3, -0.25) is 5.32 Å². The molecule has 1 heterocycles. The number of piperidine rings is 1. The van der Waals surface area contributed by atoms with Gasteiger partial charge < -0.3 is 9.47 Å². The quantitative estimate of drug-likeness (QED) is 0.924. The Morgan fingerprint density at radius 1 is 1.15 bits per heavy atom. The number of benzene rings is 1. The Kier molecular flexibility index (Phi) is 4.42. The second kappa shape index (κ2) is 5.91. The maximum atomic E-state index is 12.8.